The summed E-state index contributed by atoms with van der Waals surface area (Å²) in [5.41, 5.74) is 0.289. The summed E-state index contributed by atoms with van der Waals surface area (Å²) < 4.78 is 43.7. The number of hydrogen-bond donors (Lipinski definition) is 1. The van der Waals surface area contributed by atoms with Crippen LogP contribution in [0.15, 0.2) is 52.3 Å². The Hall–Kier alpha value is -2.10. The Bertz CT molecular complexity index is 900. The summed E-state index contributed by atoms with van der Waals surface area (Å²) in [6, 6.07) is 10.3. The molecule has 0 heterocycles. The van der Waals surface area contributed by atoms with Crippen molar-refractivity contribution < 1.29 is 22.3 Å². The number of carbonyl (C=O) groups is 1. The molecule has 6 nitrogen and oxygen atoms in total. The molecule has 0 saturated carbocycles. The zero-order valence-corrected chi connectivity index (χ0v) is 16.9. The Kier molecular flexibility index (Phi) is 7.23. The predicted molar refractivity (Wildman–Crippen MR) is 104 cm³/mol. The number of halogens is 1. The van der Waals surface area contributed by atoms with E-state index in [4.69, 9.17) is 4.74 Å². The second-order valence-electron chi connectivity index (χ2n) is 5.75. The molecule has 1 amide bonds. The topological polar surface area (TPSA) is 75.7 Å². The van der Waals surface area contributed by atoms with Crippen molar-refractivity contribution >= 4 is 33.4 Å². The molecule has 27 heavy (non-hydrogen) atoms. The third-order valence-electron chi connectivity index (χ3n) is 3.64. The number of anilines is 1. The van der Waals surface area contributed by atoms with Crippen LogP contribution in [-0.2, 0) is 14.8 Å². The molecule has 2 rings (SSSR count). The number of sulfonamides is 1. The molecule has 0 aliphatic rings. The fourth-order valence-corrected chi connectivity index (χ4v) is 3.94. The van der Waals surface area contributed by atoms with Crippen molar-refractivity contribution in [1.82, 2.24) is 4.31 Å². The fraction of sp³-hybridized carbons (Fsp3) is 0.278. The largest absolute Gasteiger partial charge is 0.495 e. The standard InChI is InChI=1S/C18H21FN2O4S2/c1-21(2)27(23,24)15-8-9-17(25-3)16(12-15)20-18(22)10-11-26-14-6-4-13(19)5-7-14/h4-9,12H,10-11H2,1-3H3,(H,20,22). The number of amides is 1. The molecular weight excluding hydrogens is 391 g/mol. The van der Waals surface area contributed by atoms with Gasteiger partial charge in [-0.15, -0.1) is 11.8 Å². The first kappa shape index (κ1) is 21.2. The number of rotatable bonds is 8. The lowest BCUT2D eigenvalue weighted by Gasteiger charge is -2.15. The first-order chi connectivity index (χ1) is 12.7. The fourth-order valence-electron chi connectivity index (χ4n) is 2.16. The molecule has 0 atom stereocenters. The maximum Gasteiger partial charge on any atom is 0.242 e. The van der Waals surface area contributed by atoms with Crippen LogP contribution in [0, 0.1) is 5.82 Å². The van der Waals surface area contributed by atoms with E-state index in [1.165, 1.54) is 63.3 Å². The van der Waals surface area contributed by atoms with E-state index in [1.807, 2.05) is 0 Å². The third kappa shape index (κ3) is 5.69. The van der Waals surface area contributed by atoms with Gasteiger partial charge < -0.3 is 10.1 Å². The highest BCUT2D eigenvalue weighted by molar-refractivity contribution is 7.99. The quantitative estimate of drug-likeness (QED) is 0.674. The Balaban J connectivity index is 2.04. The molecule has 0 bridgehead atoms. The average Bonchev–Trinajstić information content (AvgIpc) is 2.63. The van der Waals surface area contributed by atoms with E-state index in [0.29, 0.717) is 11.5 Å². The minimum atomic E-state index is -3.62. The number of ether oxygens (including phenoxy) is 1. The van der Waals surface area contributed by atoms with Crippen LogP contribution in [0.3, 0.4) is 0 Å². The van der Waals surface area contributed by atoms with E-state index in [9.17, 15) is 17.6 Å². The van der Waals surface area contributed by atoms with E-state index in [0.717, 1.165) is 9.20 Å². The van der Waals surface area contributed by atoms with Crippen molar-refractivity contribution in [1.29, 1.82) is 0 Å². The summed E-state index contributed by atoms with van der Waals surface area (Å²) >= 11 is 1.43. The molecule has 2 aromatic rings. The van der Waals surface area contributed by atoms with E-state index < -0.39 is 10.0 Å². The van der Waals surface area contributed by atoms with Crippen molar-refractivity contribution in [2.45, 2.75) is 16.2 Å². The molecule has 0 aromatic heterocycles. The van der Waals surface area contributed by atoms with Crippen LogP contribution in [0.1, 0.15) is 6.42 Å². The van der Waals surface area contributed by atoms with Crippen LogP contribution in [0.5, 0.6) is 5.75 Å². The first-order valence-electron chi connectivity index (χ1n) is 8.03. The molecule has 0 fully saturated rings. The maximum absolute atomic E-state index is 12.9. The van der Waals surface area contributed by atoms with Crippen molar-refractivity contribution in [3.05, 3.63) is 48.3 Å². The van der Waals surface area contributed by atoms with Crippen LogP contribution >= 0.6 is 11.8 Å². The number of benzene rings is 2. The van der Waals surface area contributed by atoms with Gasteiger partial charge in [-0.3, -0.25) is 4.79 Å². The lowest BCUT2D eigenvalue weighted by atomic mass is 10.3. The first-order valence-corrected chi connectivity index (χ1v) is 10.5. The number of thioether (sulfide) groups is 1. The van der Waals surface area contributed by atoms with Crippen molar-refractivity contribution in [2.24, 2.45) is 0 Å². The molecule has 0 unspecified atom stereocenters. The van der Waals surface area contributed by atoms with Gasteiger partial charge in [0.15, 0.2) is 0 Å². The number of carbonyl (C=O) groups excluding carboxylic acids is 1. The van der Waals surface area contributed by atoms with Gasteiger partial charge in [-0.2, -0.15) is 0 Å². The second-order valence-corrected chi connectivity index (χ2v) is 9.07. The smallest absolute Gasteiger partial charge is 0.242 e. The van der Waals surface area contributed by atoms with Gasteiger partial charge in [0.05, 0.1) is 17.7 Å². The van der Waals surface area contributed by atoms with Crippen LogP contribution < -0.4 is 10.1 Å². The molecule has 0 saturated heterocycles. The molecule has 2 aromatic carbocycles. The molecule has 9 heteroatoms. The highest BCUT2D eigenvalue weighted by Gasteiger charge is 2.19. The van der Waals surface area contributed by atoms with Crippen LogP contribution in [0.4, 0.5) is 10.1 Å². The highest BCUT2D eigenvalue weighted by Crippen LogP contribution is 2.29. The summed E-state index contributed by atoms with van der Waals surface area (Å²) in [7, 11) is 0.685. The van der Waals surface area contributed by atoms with Gasteiger partial charge in [0, 0.05) is 31.2 Å². The van der Waals surface area contributed by atoms with Gasteiger partial charge in [-0.1, -0.05) is 0 Å². The van der Waals surface area contributed by atoms with Crippen LogP contribution in [0.25, 0.3) is 0 Å². The lowest BCUT2D eigenvalue weighted by Crippen LogP contribution is -2.22. The predicted octanol–water partition coefficient (Wildman–Crippen LogP) is 3.21. The normalized spacial score (nSPS) is 11.4. The molecule has 0 spiro atoms. The van der Waals surface area contributed by atoms with Gasteiger partial charge in [0.1, 0.15) is 11.6 Å². The number of nitrogens with one attached hydrogen (secondary N) is 1. The minimum Gasteiger partial charge on any atom is -0.495 e. The SMILES string of the molecule is COc1ccc(S(=O)(=O)N(C)C)cc1NC(=O)CCSc1ccc(F)cc1. The zero-order valence-electron chi connectivity index (χ0n) is 15.2. The van der Waals surface area contributed by atoms with E-state index >= 15 is 0 Å². The van der Waals surface area contributed by atoms with Gasteiger partial charge in [0.25, 0.3) is 0 Å². The summed E-state index contributed by atoms with van der Waals surface area (Å²) in [5.74, 6) is 0.279. The number of hydrogen-bond acceptors (Lipinski definition) is 5. The van der Waals surface area contributed by atoms with Gasteiger partial charge in [0.2, 0.25) is 15.9 Å². The average molecular weight is 413 g/mol. The van der Waals surface area contributed by atoms with Gasteiger partial charge >= 0.3 is 0 Å². The van der Waals surface area contributed by atoms with Crippen LogP contribution in [-0.4, -0.2) is 45.6 Å². The second kappa shape index (κ2) is 9.20. The van der Waals surface area contributed by atoms with E-state index in [1.54, 1.807) is 12.1 Å². The van der Waals surface area contributed by atoms with Gasteiger partial charge in [-0.25, -0.2) is 17.1 Å². The lowest BCUT2D eigenvalue weighted by molar-refractivity contribution is -0.115. The number of nitrogens with zero attached hydrogens (tertiary/aromatic N) is 1. The summed E-state index contributed by atoms with van der Waals surface area (Å²) in [6.45, 7) is 0. The Morgan fingerprint density at radius 2 is 1.85 bits per heavy atom. The van der Waals surface area contributed by atoms with Crippen LogP contribution in [0.2, 0.25) is 0 Å². The molecule has 146 valence electrons. The zero-order chi connectivity index (χ0) is 20.0. The van der Waals surface area contributed by atoms with Crippen molar-refractivity contribution in [2.75, 3.05) is 32.3 Å². The summed E-state index contributed by atoms with van der Waals surface area (Å²) in [4.78, 5) is 13.1. The maximum atomic E-state index is 12.9. The van der Waals surface area contributed by atoms with Gasteiger partial charge in [-0.05, 0) is 42.5 Å². The van der Waals surface area contributed by atoms with Crippen molar-refractivity contribution in [3.8, 4) is 5.75 Å². The Labute approximate surface area is 162 Å². The Morgan fingerprint density at radius 3 is 2.44 bits per heavy atom. The molecule has 0 aliphatic carbocycles. The highest BCUT2D eigenvalue weighted by atomic mass is 32.2. The summed E-state index contributed by atoms with van der Waals surface area (Å²) in [5, 5.41) is 2.69. The molecule has 0 radical (unpaired) electrons. The molecular formula is C18H21FN2O4S2. The van der Waals surface area contributed by atoms with E-state index in [2.05, 4.69) is 5.32 Å². The molecule has 0 aliphatic heterocycles. The minimum absolute atomic E-state index is 0.0595. The van der Waals surface area contributed by atoms with Crippen molar-refractivity contribution in [3.63, 3.8) is 0 Å². The Morgan fingerprint density at radius 1 is 1.19 bits per heavy atom. The summed E-state index contributed by atoms with van der Waals surface area (Å²) in [6.07, 6.45) is 0.204. The monoisotopic (exact) mass is 412 g/mol. The molecule has 1 N–H and O–H groups in total. The van der Waals surface area contributed by atoms with E-state index in [-0.39, 0.29) is 28.7 Å². The third-order valence-corrected chi connectivity index (χ3v) is 6.46. The number of methoxy groups -OCH3 is 1.